The lowest BCUT2D eigenvalue weighted by Gasteiger charge is -2.12. The van der Waals surface area contributed by atoms with Gasteiger partial charge in [0.05, 0.1) is 6.20 Å². The van der Waals surface area contributed by atoms with Gasteiger partial charge in [0.15, 0.2) is 0 Å². The molecule has 0 N–H and O–H groups in total. The van der Waals surface area contributed by atoms with Crippen molar-refractivity contribution >= 4 is 0 Å². The highest BCUT2D eigenvalue weighted by Gasteiger charge is 2.17. The van der Waals surface area contributed by atoms with Crippen LogP contribution in [0.3, 0.4) is 0 Å². The van der Waals surface area contributed by atoms with Crippen molar-refractivity contribution in [2.75, 3.05) is 0 Å². The number of fused-ring (bicyclic) bond motifs is 1. The predicted molar refractivity (Wildman–Crippen MR) is 47.1 cm³/mol. The molecule has 66 valence electrons. The third-order valence-electron chi connectivity index (χ3n) is 2.71. The van der Waals surface area contributed by atoms with Crippen molar-refractivity contribution in [2.45, 2.75) is 44.9 Å². The second kappa shape index (κ2) is 3.30. The first-order chi connectivity index (χ1) is 5.88. The van der Waals surface area contributed by atoms with Crippen LogP contribution in [0.15, 0.2) is 10.7 Å². The second-order valence-electron chi connectivity index (χ2n) is 3.72. The van der Waals surface area contributed by atoms with Gasteiger partial charge in [-0.1, -0.05) is 24.9 Å². The molecule has 1 aliphatic rings. The maximum Gasteiger partial charge on any atom is 0.142 e. The molecule has 2 heteroatoms. The Labute approximate surface area is 72.9 Å². The molecule has 2 nitrogen and oxygen atoms in total. The van der Waals surface area contributed by atoms with Gasteiger partial charge >= 0.3 is 0 Å². The van der Waals surface area contributed by atoms with E-state index in [0.29, 0.717) is 5.92 Å². The number of aromatic nitrogens is 1. The van der Waals surface area contributed by atoms with Gasteiger partial charge in [-0.25, -0.2) is 0 Å². The van der Waals surface area contributed by atoms with Gasteiger partial charge in [-0.2, -0.15) is 0 Å². The van der Waals surface area contributed by atoms with Gasteiger partial charge in [-0.3, -0.25) is 0 Å². The Kier molecular flexibility index (Phi) is 2.15. The minimum atomic E-state index is 0.572. The Bertz CT molecular complexity index is 254. The van der Waals surface area contributed by atoms with Crippen LogP contribution in [0.5, 0.6) is 0 Å². The van der Waals surface area contributed by atoms with E-state index in [1.807, 2.05) is 6.20 Å². The highest BCUT2D eigenvalue weighted by molar-refractivity contribution is 5.17. The summed E-state index contributed by atoms with van der Waals surface area (Å²) in [5.41, 5.74) is 1.34. The summed E-state index contributed by atoms with van der Waals surface area (Å²) in [5, 5.41) is 3.86. The normalized spacial score (nSPS) is 24.2. The van der Waals surface area contributed by atoms with Crippen LogP contribution in [0, 0.1) is 0 Å². The van der Waals surface area contributed by atoms with Crippen LogP contribution >= 0.6 is 0 Å². The molecule has 1 aromatic heterocycles. The summed E-state index contributed by atoms with van der Waals surface area (Å²) in [7, 11) is 0. The van der Waals surface area contributed by atoms with Crippen LogP contribution in [0.25, 0.3) is 0 Å². The van der Waals surface area contributed by atoms with Gasteiger partial charge in [-0.15, -0.1) is 0 Å². The van der Waals surface area contributed by atoms with E-state index in [0.717, 1.165) is 12.2 Å². The standard InChI is InChI=1S/C10H15NO/c1-8-5-3-2-4-6-9-7-11-12-10(8)9/h7-8H,2-6H2,1H3. The molecular weight excluding hydrogens is 150 g/mol. The van der Waals surface area contributed by atoms with Crippen molar-refractivity contribution in [3.8, 4) is 0 Å². The Morgan fingerprint density at radius 1 is 1.42 bits per heavy atom. The molecule has 1 aliphatic carbocycles. The topological polar surface area (TPSA) is 26.0 Å². The van der Waals surface area contributed by atoms with E-state index in [4.69, 9.17) is 4.52 Å². The zero-order valence-electron chi connectivity index (χ0n) is 7.55. The summed E-state index contributed by atoms with van der Waals surface area (Å²) in [5.74, 6) is 1.71. The molecule has 1 atom stereocenters. The van der Waals surface area contributed by atoms with Gasteiger partial charge in [-0.05, 0) is 19.3 Å². The van der Waals surface area contributed by atoms with E-state index in [1.165, 1.54) is 31.2 Å². The second-order valence-corrected chi connectivity index (χ2v) is 3.72. The van der Waals surface area contributed by atoms with E-state index < -0.39 is 0 Å². The number of hydrogen-bond acceptors (Lipinski definition) is 2. The van der Waals surface area contributed by atoms with Crippen LogP contribution in [0.4, 0.5) is 0 Å². The van der Waals surface area contributed by atoms with Crippen molar-refractivity contribution in [1.82, 2.24) is 5.16 Å². The molecule has 1 heterocycles. The lowest BCUT2D eigenvalue weighted by molar-refractivity contribution is 0.351. The highest BCUT2D eigenvalue weighted by atomic mass is 16.5. The summed E-state index contributed by atoms with van der Waals surface area (Å²) in [6.07, 6.45) is 8.28. The molecule has 0 spiro atoms. The highest BCUT2D eigenvalue weighted by Crippen LogP contribution is 2.28. The first-order valence-corrected chi connectivity index (χ1v) is 4.81. The molecule has 0 radical (unpaired) electrons. The van der Waals surface area contributed by atoms with Crippen molar-refractivity contribution in [2.24, 2.45) is 0 Å². The first kappa shape index (κ1) is 7.84. The Balaban J connectivity index is 2.25. The lowest BCUT2D eigenvalue weighted by atomic mass is 9.92. The summed E-state index contributed by atoms with van der Waals surface area (Å²) < 4.78 is 5.25. The molecule has 0 saturated carbocycles. The maximum atomic E-state index is 5.25. The van der Waals surface area contributed by atoms with E-state index in [-0.39, 0.29) is 0 Å². The molecular formula is C10H15NO. The van der Waals surface area contributed by atoms with Crippen molar-refractivity contribution in [3.63, 3.8) is 0 Å². The minimum absolute atomic E-state index is 0.572. The monoisotopic (exact) mass is 165 g/mol. The van der Waals surface area contributed by atoms with E-state index in [9.17, 15) is 0 Å². The lowest BCUT2D eigenvalue weighted by Crippen LogP contribution is -2.00. The number of hydrogen-bond donors (Lipinski definition) is 0. The zero-order valence-corrected chi connectivity index (χ0v) is 7.55. The average molecular weight is 165 g/mol. The fourth-order valence-electron chi connectivity index (χ4n) is 1.94. The third kappa shape index (κ3) is 1.38. The Morgan fingerprint density at radius 3 is 3.25 bits per heavy atom. The van der Waals surface area contributed by atoms with E-state index in [1.54, 1.807) is 0 Å². The summed E-state index contributed by atoms with van der Waals surface area (Å²) in [4.78, 5) is 0. The van der Waals surface area contributed by atoms with Gasteiger partial charge < -0.3 is 4.52 Å². The molecule has 0 aromatic carbocycles. The molecule has 0 bridgehead atoms. The largest absolute Gasteiger partial charge is 0.361 e. The SMILES string of the molecule is CC1CCCCCc2cnoc21. The van der Waals surface area contributed by atoms with Crippen molar-refractivity contribution in [3.05, 3.63) is 17.5 Å². The molecule has 2 rings (SSSR count). The summed E-state index contributed by atoms with van der Waals surface area (Å²) >= 11 is 0. The van der Waals surface area contributed by atoms with Crippen LogP contribution in [0.2, 0.25) is 0 Å². The van der Waals surface area contributed by atoms with Crippen LogP contribution in [0.1, 0.15) is 49.8 Å². The fourth-order valence-corrected chi connectivity index (χ4v) is 1.94. The van der Waals surface area contributed by atoms with E-state index >= 15 is 0 Å². The van der Waals surface area contributed by atoms with Crippen LogP contribution in [-0.4, -0.2) is 5.16 Å². The molecule has 1 aromatic rings. The number of aryl methyl sites for hydroxylation is 1. The molecule has 0 amide bonds. The number of rotatable bonds is 0. The Hall–Kier alpha value is -0.790. The molecule has 0 aliphatic heterocycles. The quantitative estimate of drug-likeness (QED) is 0.590. The molecule has 1 unspecified atom stereocenters. The van der Waals surface area contributed by atoms with Crippen LogP contribution in [-0.2, 0) is 6.42 Å². The summed E-state index contributed by atoms with van der Waals surface area (Å²) in [6.45, 7) is 2.23. The van der Waals surface area contributed by atoms with Crippen molar-refractivity contribution in [1.29, 1.82) is 0 Å². The first-order valence-electron chi connectivity index (χ1n) is 4.81. The maximum absolute atomic E-state index is 5.25. The minimum Gasteiger partial charge on any atom is -0.361 e. The van der Waals surface area contributed by atoms with Gasteiger partial charge in [0.1, 0.15) is 5.76 Å². The fraction of sp³-hybridized carbons (Fsp3) is 0.700. The summed E-state index contributed by atoms with van der Waals surface area (Å²) in [6, 6.07) is 0. The zero-order chi connectivity index (χ0) is 8.39. The van der Waals surface area contributed by atoms with Gasteiger partial charge in [0, 0.05) is 11.5 Å². The number of nitrogens with zero attached hydrogens (tertiary/aromatic N) is 1. The van der Waals surface area contributed by atoms with E-state index in [2.05, 4.69) is 12.1 Å². The Morgan fingerprint density at radius 2 is 2.33 bits per heavy atom. The average Bonchev–Trinajstić information content (AvgIpc) is 2.47. The third-order valence-corrected chi connectivity index (χ3v) is 2.71. The smallest absolute Gasteiger partial charge is 0.142 e. The molecule has 0 saturated heterocycles. The van der Waals surface area contributed by atoms with Gasteiger partial charge in [0.25, 0.3) is 0 Å². The predicted octanol–water partition coefficient (Wildman–Crippen LogP) is 2.89. The molecule has 0 fully saturated rings. The van der Waals surface area contributed by atoms with Crippen LogP contribution < -0.4 is 0 Å². The molecule has 12 heavy (non-hydrogen) atoms. The van der Waals surface area contributed by atoms with Gasteiger partial charge in [0.2, 0.25) is 0 Å². The van der Waals surface area contributed by atoms with Crippen molar-refractivity contribution < 1.29 is 4.52 Å².